The van der Waals surface area contributed by atoms with Crippen LogP contribution in [0.3, 0.4) is 0 Å². The van der Waals surface area contributed by atoms with E-state index in [9.17, 15) is 19.1 Å². The first-order valence-corrected chi connectivity index (χ1v) is 6.98. The zero-order chi connectivity index (χ0) is 17.0. The minimum atomic E-state index is -1.46. The number of aliphatic hydroxyl groups is 1. The molecule has 6 nitrogen and oxygen atoms in total. The fraction of sp³-hybridized carbons (Fsp3) is 0.200. The summed E-state index contributed by atoms with van der Waals surface area (Å²) in [6.07, 6.45) is 1.39. The summed E-state index contributed by atoms with van der Waals surface area (Å²) in [4.78, 5) is 23.5. The van der Waals surface area contributed by atoms with Crippen LogP contribution in [0, 0.1) is 5.82 Å². The van der Waals surface area contributed by atoms with Crippen molar-refractivity contribution in [1.82, 2.24) is 5.32 Å². The standard InChI is InChI=1S/C15H14ClFN2O4/c1-15(22,12-3-2-6-23-12)8-18-13(20)14(21)19-9-4-5-11(17)10(16)7-9/h2-7,22H,8H2,1H3,(H,18,20)(H,19,21). The Labute approximate surface area is 136 Å². The Bertz CT molecular complexity index is 716. The molecule has 0 radical (unpaired) electrons. The third kappa shape index (κ3) is 4.30. The van der Waals surface area contributed by atoms with Gasteiger partial charge in [-0.25, -0.2) is 4.39 Å². The van der Waals surface area contributed by atoms with Gasteiger partial charge in [-0.15, -0.1) is 0 Å². The number of carbonyl (C=O) groups is 2. The molecular weight excluding hydrogens is 327 g/mol. The van der Waals surface area contributed by atoms with Gasteiger partial charge in [-0.1, -0.05) is 11.6 Å². The fourth-order valence-electron chi connectivity index (χ4n) is 1.77. The van der Waals surface area contributed by atoms with E-state index in [1.54, 1.807) is 12.1 Å². The predicted molar refractivity (Wildman–Crippen MR) is 81.3 cm³/mol. The summed E-state index contributed by atoms with van der Waals surface area (Å²) in [6.45, 7) is 1.21. The van der Waals surface area contributed by atoms with Crippen LogP contribution >= 0.6 is 11.6 Å². The molecule has 2 aromatic rings. The van der Waals surface area contributed by atoms with E-state index in [2.05, 4.69) is 10.6 Å². The summed E-state index contributed by atoms with van der Waals surface area (Å²) in [6, 6.07) is 6.66. The van der Waals surface area contributed by atoms with Crippen LogP contribution in [0.5, 0.6) is 0 Å². The van der Waals surface area contributed by atoms with E-state index in [0.29, 0.717) is 0 Å². The highest BCUT2D eigenvalue weighted by Gasteiger charge is 2.28. The van der Waals surface area contributed by atoms with Gasteiger partial charge in [-0.05, 0) is 37.3 Å². The van der Waals surface area contributed by atoms with Crippen molar-refractivity contribution in [1.29, 1.82) is 0 Å². The van der Waals surface area contributed by atoms with Crippen LogP contribution in [0.4, 0.5) is 10.1 Å². The summed E-state index contributed by atoms with van der Waals surface area (Å²) >= 11 is 5.58. The number of anilines is 1. The molecule has 0 aliphatic heterocycles. The quantitative estimate of drug-likeness (QED) is 0.743. The van der Waals surface area contributed by atoms with Crippen LogP contribution in [-0.2, 0) is 15.2 Å². The molecule has 1 heterocycles. The lowest BCUT2D eigenvalue weighted by atomic mass is 10.0. The topological polar surface area (TPSA) is 91.6 Å². The van der Waals surface area contributed by atoms with Crippen molar-refractivity contribution in [3.05, 3.63) is 53.2 Å². The highest BCUT2D eigenvalue weighted by Crippen LogP contribution is 2.20. The highest BCUT2D eigenvalue weighted by molar-refractivity contribution is 6.39. The third-order valence-electron chi connectivity index (χ3n) is 3.03. The van der Waals surface area contributed by atoms with Crippen LogP contribution < -0.4 is 10.6 Å². The molecule has 1 unspecified atom stereocenters. The van der Waals surface area contributed by atoms with E-state index in [1.807, 2.05) is 0 Å². The number of nitrogens with one attached hydrogen (secondary N) is 2. The molecule has 2 amide bonds. The lowest BCUT2D eigenvalue weighted by Crippen LogP contribution is -2.43. The van der Waals surface area contributed by atoms with E-state index < -0.39 is 23.2 Å². The normalized spacial score (nSPS) is 13.2. The molecule has 23 heavy (non-hydrogen) atoms. The lowest BCUT2D eigenvalue weighted by molar-refractivity contribution is -0.136. The smallest absolute Gasteiger partial charge is 0.313 e. The molecule has 0 saturated carbocycles. The Balaban J connectivity index is 1.92. The number of furan rings is 1. The van der Waals surface area contributed by atoms with Crippen LogP contribution in [-0.4, -0.2) is 23.5 Å². The average Bonchev–Trinajstić information content (AvgIpc) is 3.04. The van der Waals surface area contributed by atoms with Crippen LogP contribution in [0.1, 0.15) is 12.7 Å². The number of carbonyl (C=O) groups excluding carboxylic acids is 2. The Hall–Kier alpha value is -2.38. The number of benzene rings is 1. The SMILES string of the molecule is CC(O)(CNC(=O)C(=O)Nc1ccc(F)c(Cl)c1)c1ccco1. The molecule has 1 atom stereocenters. The van der Waals surface area contributed by atoms with Gasteiger partial charge in [0.2, 0.25) is 0 Å². The van der Waals surface area contributed by atoms with Gasteiger partial charge in [-0.2, -0.15) is 0 Å². The van der Waals surface area contributed by atoms with E-state index in [1.165, 1.54) is 25.3 Å². The number of rotatable bonds is 4. The number of halogens is 2. The van der Waals surface area contributed by atoms with Gasteiger partial charge in [0.05, 0.1) is 17.8 Å². The Morgan fingerprint density at radius 1 is 1.35 bits per heavy atom. The second-order valence-corrected chi connectivity index (χ2v) is 5.42. The van der Waals surface area contributed by atoms with Gasteiger partial charge in [-0.3, -0.25) is 9.59 Å². The van der Waals surface area contributed by atoms with Gasteiger partial charge < -0.3 is 20.2 Å². The first-order valence-electron chi connectivity index (χ1n) is 6.60. The zero-order valence-corrected chi connectivity index (χ0v) is 12.9. The molecule has 0 aliphatic rings. The second-order valence-electron chi connectivity index (χ2n) is 5.02. The maximum absolute atomic E-state index is 13.0. The average molecular weight is 341 g/mol. The Morgan fingerprint density at radius 3 is 2.70 bits per heavy atom. The first kappa shape index (κ1) is 17.0. The van der Waals surface area contributed by atoms with Crippen molar-refractivity contribution in [3.63, 3.8) is 0 Å². The molecule has 0 fully saturated rings. The molecule has 8 heteroatoms. The van der Waals surface area contributed by atoms with Crippen LogP contribution in [0.25, 0.3) is 0 Å². The number of hydrogen-bond donors (Lipinski definition) is 3. The molecule has 122 valence electrons. The summed E-state index contributed by atoms with van der Waals surface area (Å²) in [7, 11) is 0. The van der Waals surface area contributed by atoms with Crippen molar-refractivity contribution in [3.8, 4) is 0 Å². The maximum Gasteiger partial charge on any atom is 0.313 e. The zero-order valence-electron chi connectivity index (χ0n) is 12.1. The van der Waals surface area contributed by atoms with E-state index in [-0.39, 0.29) is 23.0 Å². The summed E-state index contributed by atoms with van der Waals surface area (Å²) in [5, 5.41) is 14.5. The monoisotopic (exact) mass is 340 g/mol. The fourth-order valence-corrected chi connectivity index (χ4v) is 1.95. The van der Waals surface area contributed by atoms with Gasteiger partial charge in [0.1, 0.15) is 17.2 Å². The van der Waals surface area contributed by atoms with Gasteiger partial charge in [0.15, 0.2) is 0 Å². The van der Waals surface area contributed by atoms with Gasteiger partial charge >= 0.3 is 11.8 Å². The maximum atomic E-state index is 13.0. The minimum absolute atomic E-state index is 0.175. The molecular formula is C15H14ClFN2O4. The largest absolute Gasteiger partial charge is 0.466 e. The Morgan fingerprint density at radius 2 is 2.09 bits per heavy atom. The predicted octanol–water partition coefficient (Wildman–Crippen LogP) is 2.03. The molecule has 0 aliphatic carbocycles. The van der Waals surface area contributed by atoms with Gasteiger partial charge in [0.25, 0.3) is 0 Å². The first-order chi connectivity index (χ1) is 10.8. The van der Waals surface area contributed by atoms with E-state index in [4.69, 9.17) is 16.0 Å². The second kappa shape index (κ2) is 6.80. The third-order valence-corrected chi connectivity index (χ3v) is 3.32. The molecule has 0 bridgehead atoms. The van der Waals surface area contributed by atoms with Crippen molar-refractivity contribution in [2.75, 3.05) is 11.9 Å². The van der Waals surface area contributed by atoms with Gasteiger partial charge in [0, 0.05) is 5.69 Å². The van der Waals surface area contributed by atoms with Crippen molar-refractivity contribution in [2.24, 2.45) is 0 Å². The summed E-state index contributed by atoms with van der Waals surface area (Å²) < 4.78 is 18.1. The summed E-state index contributed by atoms with van der Waals surface area (Å²) in [5.74, 6) is -2.31. The number of amides is 2. The van der Waals surface area contributed by atoms with Crippen molar-refractivity contribution < 1.29 is 23.5 Å². The van der Waals surface area contributed by atoms with Crippen molar-refractivity contribution >= 4 is 29.1 Å². The van der Waals surface area contributed by atoms with Crippen LogP contribution in [0.2, 0.25) is 5.02 Å². The molecule has 2 rings (SSSR count). The van der Waals surface area contributed by atoms with E-state index in [0.717, 1.165) is 6.07 Å². The molecule has 3 N–H and O–H groups in total. The van der Waals surface area contributed by atoms with Crippen LogP contribution in [0.15, 0.2) is 41.0 Å². The molecule has 1 aromatic heterocycles. The molecule has 1 aromatic carbocycles. The van der Waals surface area contributed by atoms with E-state index >= 15 is 0 Å². The molecule has 0 spiro atoms. The summed E-state index contributed by atoms with van der Waals surface area (Å²) in [5.41, 5.74) is -1.28. The molecule has 0 saturated heterocycles. The Kier molecular flexibility index (Phi) is 5.02. The minimum Gasteiger partial charge on any atom is -0.466 e. The highest BCUT2D eigenvalue weighted by atomic mass is 35.5. The van der Waals surface area contributed by atoms with Crippen molar-refractivity contribution in [2.45, 2.75) is 12.5 Å². The number of hydrogen-bond acceptors (Lipinski definition) is 4. The lowest BCUT2D eigenvalue weighted by Gasteiger charge is -2.20.